The highest BCUT2D eigenvalue weighted by Crippen LogP contribution is 2.47. The summed E-state index contributed by atoms with van der Waals surface area (Å²) in [5.74, 6) is 0.655. The molecule has 1 saturated carbocycles. The van der Waals surface area contributed by atoms with Gasteiger partial charge in [-0.25, -0.2) is 0 Å². The molecule has 0 aromatic carbocycles. The van der Waals surface area contributed by atoms with Crippen molar-refractivity contribution in [3.05, 3.63) is 0 Å². The molecular weight excluding hydrogens is 356 g/mol. The van der Waals surface area contributed by atoms with Crippen molar-refractivity contribution in [3.8, 4) is 0 Å². The monoisotopic (exact) mass is 392 g/mol. The molecule has 0 radical (unpaired) electrons. The maximum absolute atomic E-state index is 10.2. The van der Waals surface area contributed by atoms with Crippen LogP contribution >= 0.6 is 0 Å². The Morgan fingerprint density at radius 3 is 2.33 bits per heavy atom. The third kappa shape index (κ3) is 5.39. The lowest BCUT2D eigenvalue weighted by Gasteiger charge is -2.48. The van der Waals surface area contributed by atoms with E-state index < -0.39 is 43.4 Å². The van der Waals surface area contributed by atoms with Crippen molar-refractivity contribution in [1.29, 1.82) is 0 Å². The fourth-order valence-corrected chi connectivity index (χ4v) is 4.78. The molecule has 9 atom stereocenters. The lowest BCUT2D eigenvalue weighted by molar-refractivity contribution is -0.316. The largest absolute Gasteiger partial charge is 0.394 e. The van der Waals surface area contributed by atoms with Crippen molar-refractivity contribution in [2.75, 3.05) is 13.2 Å². The Hall–Kier alpha value is -0.320. The zero-order valence-corrected chi connectivity index (χ0v) is 16.4. The second-order valence-electron chi connectivity index (χ2n) is 8.88. The van der Waals surface area contributed by atoms with E-state index in [4.69, 9.17) is 14.6 Å². The molecule has 0 bridgehead atoms. The molecule has 1 saturated heterocycles. The molecule has 1 aliphatic carbocycles. The third-order valence-corrected chi connectivity index (χ3v) is 6.28. The number of hydrogen-bond acceptors (Lipinski definition) is 8. The summed E-state index contributed by atoms with van der Waals surface area (Å²) in [4.78, 5) is 0. The van der Waals surface area contributed by atoms with Gasteiger partial charge in [0.2, 0.25) is 0 Å². The Bertz CT molecular complexity index is 457. The molecule has 2 rings (SSSR count). The van der Waals surface area contributed by atoms with E-state index in [0.717, 1.165) is 12.8 Å². The average Bonchev–Trinajstić information content (AvgIpc) is 2.60. The molecule has 1 aliphatic heterocycles. The topological polar surface area (TPSA) is 140 Å². The number of hydrogen-bond donors (Lipinski definition) is 6. The molecule has 2 fully saturated rings. The smallest absolute Gasteiger partial charge is 0.186 e. The molecule has 0 aromatic rings. The second kappa shape index (κ2) is 9.45. The Morgan fingerprint density at radius 2 is 1.78 bits per heavy atom. The predicted molar refractivity (Wildman–Crippen MR) is 96.6 cm³/mol. The van der Waals surface area contributed by atoms with E-state index in [0.29, 0.717) is 24.7 Å². The summed E-state index contributed by atoms with van der Waals surface area (Å²) in [7, 11) is 0. The summed E-state index contributed by atoms with van der Waals surface area (Å²) >= 11 is 0. The zero-order chi connectivity index (χ0) is 20.4. The van der Waals surface area contributed by atoms with E-state index in [2.05, 4.69) is 20.8 Å². The van der Waals surface area contributed by atoms with Crippen LogP contribution in [0, 0.1) is 17.3 Å². The summed E-state index contributed by atoms with van der Waals surface area (Å²) in [6.45, 7) is 5.70. The van der Waals surface area contributed by atoms with E-state index in [1.54, 1.807) is 0 Å². The molecule has 8 nitrogen and oxygen atoms in total. The van der Waals surface area contributed by atoms with Gasteiger partial charge in [0, 0.05) is 0 Å². The number of ether oxygens (including phenoxy) is 2. The fourth-order valence-electron chi connectivity index (χ4n) is 4.78. The highest BCUT2D eigenvalue weighted by Gasteiger charge is 2.47. The molecule has 160 valence electrons. The Morgan fingerprint density at radius 1 is 1.11 bits per heavy atom. The van der Waals surface area contributed by atoms with Gasteiger partial charge in [-0.3, -0.25) is 0 Å². The summed E-state index contributed by atoms with van der Waals surface area (Å²) in [5, 5.41) is 58.0. The normalized spacial score (nSPS) is 43.4. The van der Waals surface area contributed by atoms with E-state index in [-0.39, 0.29) is 18.1 Å². The first-order chi connectivity index (χ1) is 12.6. The van der Waals surface area contributed by atoms with Gasteiger partial charge in [0.05, 0.1) is 25.4 Å². The van der Waals surface area contributed by atoms with E-state index >= 15 is 0 Å². The van der Waals surface area contributed by atoms with Crippen molar-refractivity contribution >= 4 is 0 Å². The first kappa shape index (κ1) is 23.0. The van der Waals surface area contributed by atoms with Crippen LogP contribution in [0.1, 0.15) is 46.5 Å². The molecule has 0 aromatic heterocycles. The van der Waals surface area contributed by atoms with Gasteiger partial charge in [0.25, 0.3) is 0 Å². The van der Waals surface area contributed by atoms with Crippen LogP contribution in [-0.4, -0.2) is 86.8 Å². The van der Waals surface area contributed by atoms with Gasteiger partial charge < -0.3 is 40.1 Å². The minimum absolute atomic E-state index is 0.0777. The minimum atomic E-state index is -1.44. The molecule has 2 aliphatic rings. The number of aliphatic hydroxyl groups is 6. The molecular formula is C19H36O8. The summed E-state index contributed by atoms with van der Waals surface area (Å²) in [6.07, 6.45) is -4.40. The lowest BCUT2D eigenvalue weighted by atomic mass is 9.61. The maximum Gasteiger partial charge on any atom is 0.186 e. The lowest BCUT2D eigenvalue weighted by Crippen LogP contribution is -2.60. The first-order valence-corrected chi connectivity index (χ1v) is 9.85. The van der Waals surface area contributed by atoms with Gasteiger partial charge in [-0.15, -0.1) is 0 Å². The van der Waals surface area contributed by atoms with Crippen molar-refractivity contribution in [2.24, 2.45) is 17.3 Å². The summed E-state index contributed by atoms with van der Waals surface area (Å²) < 4.78 is 11.4. The summed E-state index contributed by atoms with van der Waals surface area (Å²) in [5.41, 5.74) is -0.0777. The van der Waals surface area contributed by atoms with Gasteiger partial charge in [0.1, 0.15) is 24.4 Å². The van der Waals surface area contributed by atoms with Gasteiger partial charge >= 0.3 is 0 Å². The zero-order valence-electron chi connectivity index (χ0n) is 16.4. The molecule has 6 N–H and O–H groups in total. The highest BCUT2D eigenvalue weighted by atomic mass is 16.7. The highest BCUT2D eigenvalue weighted by molar-refractivity contribution is 4.93. The Kier molecular flexibility index (Phi) is 8.04. The Labute approximate surface area is 160 Å². The maximum atomic E-state index is 10.2. The van der Waals surface area contributed by atoms with E-state index in [9.17, 15) is 25.5 Å². The van der Waals surface area contributed by atoms with Crippen LogP contribution in [0.5, 0.6) is 0 Å². The molecule has 8 heteroatoms. The van der Waals surface area contributed by atoms with E-state index in [1.165, 1.54) is 0 Å². The number of rotatable bonds is 7. The van der Waals surface area contributed by atoms with Gasteiger partial charge in [-0.2, -0.15) is 0 Å². The predicted octanol–water partition coefficient (Wildman–Crippen LogP) is -0.623. The van der Waals surface area contributed by atoms with Gasteiger partial charge in [0.15, 0.2) is 6.29 Å². The Balaban J connectivity index is 1.99. The van der Waals surface area contributed by atoms with E-state index in [1.807, 2.05) is 0 Å². The van der Waals surface area contributed by atoms with Crippen LogP contribution in [0.25, 0.3) is 0 Å². The van der Waals surface area contributed by atoms with Crippen LogP contribution in [0.15, 0.2) is 0 Å². The van der Waals surface area contributed by atoms with Gasteiger partial charge in [-0.1, -0.05) is 20.8 Å². The molecule has 1 heterocycles. The molecule has 27 heavy (non-hydrogen) atoms. The van der Waals surface area contributed by atoms with Crippen molar-refractivity contribution < 1.29 is 40.1 Å². The van der Waals surface area contributed by atoms with Crippen LogP contribution in [0.3, 0.4) is 0 Å². The molecule has 0 unspecified atom stereocenters. The van der Waals surface area contributed by atoms with Crippen molar-refractivity contribution in [1.82, 2.24) is 0 Å². The second-order valence-corrected chi connectivity index (χ2v) is 8.88. The van der Waals surface area contributed by atoms with Crippen molar-refractivity contribution in [2.45, 2.75) is 89.4 Å². The first-order valence-electron chi connectivity index (χ1n) is 9.85. The van der Waals surface area contributed by atoms with Gasteiger partial charge in [-0.05, 0) is 42.9 Å². The van der Waals surface area contributed by atoms with Crippen LogP contribution in [0.4, 0.5) is 0 Å². The van der Waals surface area contributed by atoms with Crippen LogP contribution in [-0.2, 0) is 9.47 Å². The average molecular weight is 392 g/mol. The number of aliphatic hydroxyl groups excluding tert-OH is 6. The quantitative estimate of drug-likeness (QED) is 0.337. The van der Waals surface area contributed by atoms with Crippen LogP contribution in [0.2, 0.25) is 0 Å². The third-order valence-electron chi connectivity index (χ3n) is 6.28. The van der Waals surface area contributed by atoms with Crippen molar-refractivity contribution in [3.63, 3.8) is 0 Å². The fraction of sp³-hybridized carbons (Fsp3) is 1.00. The minimum Gasteiger partial charge on any atom is -0.394 e. The standard InChI is InChI=1S/C19H36O8/c1-10-6-12(7-19(2,3)13(10)5-4-11(22)8-20)26-18-17(25)16(24)15(23)14(9-21)27-18/h10-18,20-25H,4-9H2,1-3H3/t10-,11+,12+,13+,14-,15+,16+,17-,18-/m1/s1. The van der Waals surface area contributed by atoms with Crippen LogP contribution < -0.4 is 0 Å². The SMILES string of the molecule is C[C@@H]1C[C@H](O[C@@H]2O[C@H](CO)[C@H](O)[C@H](O)[C@H]2O)CC(C)(C)[C@H]1CC[C@H](O)CO. The molecule has 0 spiro atoms. The summed E-state index contributed by atoms with van der Waals surface area (Å²) in [6, 6.07) is 0. The molecule has 0 amide bonds.